The summed E-state index contributed by atoms with van der Waals surface area (Å²) in [6, 6.07) is 10.9. The summed E-state index contributed by atoms with van der Waals surface area (Å²) in [7, 11) is 0. The Hall–Kier alpha value is -2.41. The molecular weight excluding hydrogens is 336 g/mol. The Morgan fingerprint density at radius 2 is 1.76 bits per heavy atom. The van der Waals surface area contributed by atoms with E-state index in [-0.39, 0.29) is 30.6 Å². The minimum absolute atomic E-state index is 0.110. The summed E-state index contributed by atoms with van der Waals surface area (Å²) in [5.41, 5.74) is 5.55. The fourth-order valence-corrected chi connectivity index (χ4v) is 3.11. The third-order valence-corrected chi connectivity index (χ3v) is 4.35. The summed E-state index contributed by atoms with van der Waals surface area (Å²) in [6.07, 6.45) is -4.72. The molecule has 2 aromatic rings. The molecular formula is C18H16F4N2O. The molecule has 0 spiro atoms. The quantitative estimate of drug-likeness (QED) is 0.842. The lowest BCUT2D eigenvalue weighted by molar-refractivity contribution is -0.137. The SMILES string of the molecule is N[C@@H]1CN(C(=O)c2cc(F)cc(C(F)(F)F)c2)C[C@H]1c1ccccc1. The molecule has 3 nitrogen and oxygen atoms in total. The molecule has 1 saturated heterocycles. The molecule has 1 fully saturated rings. The molecule has 1 aliphatic rings. The van der Waals surface area contributed by atoms with Crippen LogP contribution in [-0.2, 0) is 6.18 Å². The Morgan fingerprint density at radius 1 is 1.08 bits per heavy atom. The molecule has 25 heavy (non-hydrogen) atoms. The number of likely N-dealkylation sites (tertiary alicyclic amines) is 1. The van der Waals surface area contributed by atoms with Gasteiger partial charge in [-0.3, -0.25) is 4.79 Å². The first-order valence-electron chi connectivity index (χ1n) is 7.73. The first-order chi connectivity index (χ1) is 11.8. The first-order valence-corrected chi connectivity index (χ1v) is 7.73. The predicted molar refractivity (Wildman–Crippen MR) is 84.5 cm³/mol. The molecule has 0 aliphatic carbocycles. The van der Waals surface area contributed by atoms with Crippen LogP contribution in [0.3, 0.4) is 0 Å². The maximum atomic E-state index is 13.5. The topological polar surface area (TPSA) is 46.3 Å². The van der Waals surface area contributed by atoms with Gasteiger partial charge in [-0.2, -0.15) is 13.2 Å². The fraction of sp³-hybridized carbons (Fsp3) is 0.278. The number of rotatable bonds is 2. The Balaban J connectivity index is 1.84. The molecule has 7 heteroatoms. The van der Waals surface area contributed by atoms with E-state index in [2.05, 4.69) is 0 Å². The molecule has 0 saturated carbocycles. The number of amides is 1. The van der Waals surface area contributed by atoms with Crippen LogP contribution in [0.1, 0.15) is 27.4 Å². The van der Waals surface area contributed by atoms with Crippen molar-refractivity contribution < 1.29 is 22.4 Å². The zero-order valence-electron chi connectivity index (χ0n) is 13.1. The molecule has 1 aliphatic heterocycles. The minimum atomic E-state index is -4.72. The predicted octanol–water partition coefficient (Wildman–Crippen LogP) is 3.41. The van der Waals surface area contributed by atoms with Crippen molar-refractivity contribution in [3.05, 3.63) is 71.0 Å². The second-order valence-corrected chi connectivity index (χ2v) is 6.12. The molecule has 1 amide bonds. The van der Waals surface area contributed by atoms with Crippen LogP contribution >= 0.6 is 0 Å². The van der Waals surface area contributed by atoms with Gasteiger partial charge in [0.15, 0.2) is 0 Å². The van der Waals surface area contributed by atoms with Gasteiger partial charge in [0.2, 0.25) is 0 Å². The van der Waals surface area contributed by atoms with Crippen molar-refractivity contribution in [2.24, 2.45) is 5.73 Å². The van der Waals surface area contributed by atoms with Crippen molar-refractivity contribution >= 4 is 5.91 Å². The summed E-state index contributed by atoms with van der Waals surface area (Å²) < 4.78 is 52.0. The van der Waals surface area contributed by atoms with Crippen LogP contribution < -0.4 is 5.73 Å². The number of hydrogen-bond acceptors (Lipinski definition) is 2. The smallest absolute Gasteiger partial charge is 0.336 e. The summed E-state index contributed by atoms with van der Waals surface area (Å²) in [5.74, 6) is -1.86. The van der Waals surface area contributed by atoms with Crippen molar-refractivity contribution in [2.45, 2.75) is 18.1 Å². The van der Waals surface area contributed by atoms with Gasteiger partial charge in [0, 0.05) is 30.6 Å². The highest BCUT2D eigenvalue weighted by atomic mass is 19.4. The Morgan fingerprint density at radius 3 is 2.40 bits per heavy atom. The molecule has 0 bridgehead atoms. The highest BCUT2D eigenvalue weighted by Gasteiger charge is 2.36. The van der Waals surface area contributed by atoms with Crippen molar-refractivity contribution in [3.63, 3.8) is 0 Å². The van der Waals surface area contributed by atoms with Gasteiger partial charge in [-0.05, 0) is 23.8 Å². The Labute approximate surface area is 142 Å². The van der Waals surface area contributed by atoms with Crippen LogP contribution in [0.4, 0.5) is 17.6 Å². The van der Waals surface area contributed by atoms with E-state index in [4.69, 9.17) is 5.73 Å². The van der Waals surface area contributed by atoms with Gasteiger partial charge in [0.05, 0.1) is 5.56 Å². The van der Waals surface area contributed by atoms with Crippen LogP contribution in [-0.4, -0.2) is 29.9 Å². The molecule has 2 N–H and O–H groups in total. The van der Waals surface area contributed by atoms with Gasteiger partial charge in [-0.15, -0.1) is 0 Å². The highest BCUT2D eigenvalue weighted by Crippen LogP contribution is 2.32. The van der Waals surface area contributed by atoms with Crippen LogP contribution in [0.15, 0.2) is 48.5 Å². The van der Waals surface area contributed by atoms with Crippen molar-refractivity contribution in [2.75, 3.05) is 13.1 Å². The third kappa shape index (κ3) is 3.66. The van der Waals surface area contributed by atoms with Gasteiger partial charge in [-0.1, -0.05) is 30.3 Å². The van der Waals surface area contributed by atoms with Crippen LogP contribution in [0.25, 0.3) is 0 Å². The summed E-state index contributed by atoms with van der Waals surface area (Å²) in [4.78, 5) is 13.9. The number of halogens is 4. The standard InChI is InChI=1S/C18H16F4N2O/c19-14-7-12(6-13(8-14)18(20,21)22)17(25)24-9-15(16(23)10-24)11-4-2-1-3-5-11/h1-8,15-16H,9-10,23H2/t15-,16+/m0/s1. The van der Waals surface area contributed by atoms with Crippen LogP contribution in [0.2, 0.25) is 0 Å². The van der Waals surface area contributed by atoms with Gasteiger partial charge in [0.25, 0.3) is 5.91 Å². The maximum absolute atomic E-state index is 13.5. The number of alkyl halides is 3. The maximum Gasteiger partial charge on any atom is 0.416 e. The number of nitrogens with zero attached hydrogens (tertiary/aromatic N) is 1. The van der Waals surface area contributed by atoms with E-state index in [9.17, 15) is 22.4 Å². The zero-order valence-corrected chi connectivity index (χ0v) is 13.1. The summed E-state index contributed by atoms with van der Waals surface area (Å²) in [6.45, 7) is 0.484. The van der Waals surface area contributed by atoms with Crippen LogP contribution in [0, 0.1) is 5.82 Å². The average molecular weight is 352 g/mol. The average Bonchev–Trinajstić information content (AvgIpc) is 2.95. The molecule has 3 rings (SSSR count). The Kier molecular flexibility index (Phi) is 4.51. The molecule has 0 radical (unpaired) electrons. The van der Waals surface area contributed by atoms with Gasteiger partial charge < -0.3 is 10.6 Å². The normalized spacial score (nSPS) is 20.8. The number of hydrogen-bond donors (Lipinski definition) is 1. The van der Waals surface area contributed by atoms with E-state index in [0.29, 0.717) is 12.1 Å². The van der Waals surface area contributed by atoms with E-state index < -0.39 is 23.5 Å². The van der Waals surface area contributed by atoms with E-state index in [0.717, 1.165) is 11.6 Å². The first kappa shape index (κ1) is 17.4. The summed E-state index contributed by atoms with van der Waals surface area (Å²) >= 11 is 0. The van der Waals surface area contributed by atoms with E-state index in [1.165, 1.54) is 4.90 Å². The van der Waals surface area contributed by atoms with E-state index in [1.807, 2.05) is 30.3 Å². The second kappa shape index (κ2) is 6.48. The number of benzene rings is 2. The lowest BCUT2D eigenvalue weighted by Gasteiger charge is -2.17. The second-order valence-electron chi connectivity index (χ2n) is 6.12. The van der Waals surface area contributed by atoms with E-state index >= 15 is 0 Å². The molecule has 2 atom stereocenters. The lowest BCUT2D eigenvalue weighted by Crippen LogP contribution is -2.32. The fourth-order valence-electron chi connectivity index (χ4n) is 3.11. The summed E-state index contributed by atoms with van der Waals surface area (Å²) in [5, 5.41) is 0. The highest BCUT2D eigenvalue weighted by molar-refractivity contribution is 5.94. The van der Waals surface area contributed by atoms with E-state index in [1.54, 1.807) is 0 Å². The molecule has 2 aromatic carbocycles. The van der Waals surface area contributed by atoms with Gasteiger partial charge in [-0.25, -0.2) is 4.39 Å². The van der Waals surface area contributed by atoms with Gasteiger partial charge in [0.1, 0.15) is 5.82 Å². The van der Waals surface area contributed by atoms with Crippen molar-refractivity contribution in [1.29, 1.82) is 0 Å². The molecule has 1 heterocycles. The monoisotopic (exact) mass is 352 g/mol. The number of nitrogens with two attached hydrogens (primary N) is 1. The number of carbonyl (C=O) groups is 1. The third-order valence-electron chi connectivity index (χ3n) is 4.35. The zero-order chi connectivity index (χ0) is 18.2. The van der Waals surface area contributed by atoms with Crippen molar-refractivity contribution in [3.8, 4) is 0 Å². The van der Waals surface area contributed by atoms with Gasteiger partial charge >= 0.3 is 6.18 Å². The van der Waals surface area contributed by atoms with Crippen molar-refractivity contribution in [1.82, 2.24) is 4.90 Å². The number of carbonyl (C=O) groups excluding carboxylic acids is 1. The Bertz CT molecular complexity index is 776. The minimum Gasteiger partial charge on any atom is -0.336 e. The van der Waals surface area contributed by atoms with Crippen LogP contribution in [0.5, 0.6) is 0 Å². The largest absolute Gasteiger partial charge is 0.416 e. The molecule has 0 unspecified atom stereocenters. The lowest BCUT2D eigenvalue weighted by atomic mass is 9.95. The molecule has 0 aromatic heterocycles. The molecule has 132 valence electrons.